The number of nitro benzene ring substituents is 1. The highest BCUT2D eigenvalue weighted by molar-refractivity contribution is 7.99. The third-order valence-corrected chi connectivity index (χ3v) is 5.66. The molecule has 1 aromatic heterocycles. The molecule has 0 fully saturated rings. The molecule has 154 valence electrons. The van der Waals surface area contributed by atoms with Gasteiger partial charge in [0.05, 0.1) is 30.9 Å². The molecule has 10 heteroatoms. The van der Waals surface area contributed by atoms with Crippen LogP contribution < -0.4 is 14.8 Å². The molecule has 0 atom stereocenters. The van der Waals surface area contributed by atoms with Crippen LogP contribution in [0.4, 0.5) is 11.4 Å². The van der Waals surface area contributed by atoms with Crippen molar-refractivity contribution in [2.45, 2.75) is 11.7 Å². The van der Waals surface area contributed by atoms with Crippen LogP contribution in [-0.2, 0) is 6.54 Å². The molecule has 2 aromatic carbocycles. The number of rotatable bonds is 6. The second kappa shape index (κ2) is 8.07. The van der Waals surface area contributed by atoms with Gasteiger partial charge in [0.2, 0.25) is 0 Å². The molecule has 1 N–H and O–H groups in total. The van der Waals surface area contributed by atoms with E-state index in [-0.39, 0.29) is 22.7 Å². The molecule has 3 aromatic rings. The van der Waals surface area contributed by atoms with E-state index in [2.05, 4.69) is 14.9 Å². The Hall–Kier alpha value is -3.53. The fraction of sp³-hybridized carbons (Fsp3) is 0.200. The molecular formula is C20H18N4O5S. The van der Waals surface area contributed by atoms with E-state index in [0.29, 0.717) is 5.69 Å². The second-order valence-corrected chi connectivity index (χ2v) is 7.53. The number of amides is 1. The molecule has 0 saturated heterocycles. The van der Waals surface area contributed by atoms with Crippen LogP contribution in [0, 0.1) is 10.1 Å². The maximum Gasteiger partial charge on any atom is 0.286 e. The number of hydrogen-bond donors (Lipinski definition) is 1. The van der Waals surface area contributed by atoms with Gasteiger partial charge in [0, 0.05) is 35.8 Å². The van der Waals surface area contributed by atoms with Crippen LogP contribution in [0.5, 0.6) is 11.5 Å². The summed E-state index contributed by atoms with van der Waals surface area (Å²) in [4.78, 5) is 28.1. The fourth-order valence-electron chi connectivity index (χ4n) is 3.17. The van der Waals surface area contributed by atoms with Crippen molar-refractivity contribution in [1.82, 2.24) is 9.55 Å². The van der Waals surface area contributed by atoms with Crippen LogP contribution in [0.15, 0.2) is 47.8 Å². The Morgan fingerprint density at radius 3 is 2.53 bits per heavy atom. The van der Waals surface area contributed by atoms with Crippen LogP contribution in [0.3, 0.4) is 0 Å². The van der Waals surface area contributed by atoms with E-state index in [1.807, 2.05) is 18.3 Å². The number of thioether (sulfide) groups is 1. The van der Waals surface area contributed by atoms with Crippen LogP contribution in [-0.4, -0.2) is 40.4 Å². The number of aromatic nitrogens is 2. The minimum atomic E-state index is -0.629. The van der Waals surface area contributed by atoms with Crippen molar-refractivity contribution >= 4 is 29.0 Å². The molecule has 0 spiro atoms. The Kier molecular flexibility index (Phi) is 5.32. The Labute approximate surface area is 176 Å². The minimum Gasteiger partial charge on any atom is -0.493 e. The predicted octanol–water partition coefficient (Wildman–Crippen LogP) is 3.83. The average Bonchev–Trinajstić information content (AvgIpc) is 3.35. The van der Waals surface area contributed by atoms with Crippen molar-refractivity contribution in [3.8, 4) is 22.8 Å². The van der Waals surface area contributed by atoms with E-state index in [1.54, 1.807) is 23.9 Å². The van der Waals surface area contributed by atoms with Crippen LogP contribution in [0.1, 0.15) is 10.4 Å². The van der Waals surface area contributed by atoms with Crippen LogP contribution >= 0.6 is 11.8 Å². The van der Waals surface area contributed by atoms with Crippen molar-refractivity contribution in [3.05, 3.63) is 58.3 Å². The maximum atomic E-state index is 12.7. The quantitative estimate of drug-likeness (QED) is 0.471. The number of carbonyl (C=O) groups is 1. The van der Waals surface area contributed by atoms with Gasteiger partial charge in [0.25, 0.3) is 11.6 Å². The third-order valence-electron chi connectivity index (χ3n) is 4.69. The Morgan fingerprint density at radius 1 is 1.20 bits per heavy atom. The molecule has 30 heavy (non-hydrogen) atoms. The smallest absolute Gasteiger partial charge is 0.286 e. The fourth-order valence-corrected chi connectivity index (χ4v) is 4.12. The number of nitrogens with one attached hydrogen (secondary N) is 1. The first-order chi connectivity index (χ1) is 14.5. The summed E-state index contributed by atoms with van der Waals surface area (Å²) >= 11 is 1.72. The zero-order valence-electron chi connectivity index (χ0n) is 16.2. The standard InChI is InChI=1S/C20H18N4O5S/c1-28-17-9-14(16(24(26)27)10-18(17)29-2)19(25)21-13-5-3-12(4-6-13)15-11-23-7-8-30-20(23)22-15/h3-6,9-11H,7-8H2,1-2H3,(H,21,25). The summed E-state index contributed by atoms with van der Waals surface area (Å²) in [6, 6.07) is 9.63. The van der Waals surface area contributed by atoms with Gasteiger partial charge < -0.3 is 19.4 Å². The molecule has 1 aliphatic rings. The van der Waals surface area contributed by atoms with Crippen molar-refractivity contribution in [1.29, 1.82) is 0 Å². The lowest BCUT2D eigenvalue weighted by Crippen LogP contribution is -2.14. The molecule has 0 aliphatic carbocycles. The number of methoxy groups -OCH3 is 2. The number of imidazole rings is 1. The van der Waals surface area contributed by atoms with Gasteiger partial charge in [-0.15, -0.1) is 0 Å². The highest BCUT2D eigenvalue weighted by atomic mass is 32.2. The number of nitro groups is 1. The highest BCUT2D eigenvalue weighted by Gasteiger charge is 2.24. The number of aryl methyl sites for hydroxylation is 1. The van der Waals surface area contributed by atoms with Gasteiger partial charge in [-0.1, -0.05) is 23.9 Å². The maximum absolute atomic E-state index is 12.7. The molecule has 0 saturated carbocycles. The van der Waals surface area contributed by atoms with E-state index >= 15 is 0 Å². The first-order valence-electron chi connectivity index (χ1n) is 9.02. The number of benzene rings is 2. The van der Waals surface area contributed by atoms with Gasteiger partial charge >= 0.3 is 0 Å². The van der Waals surface area contributed by atoms with Gasteiger partial charge in [-0.3, -0.25) is 14.9 Å². The van der Waals surface area contributed by atoms with Gasteiger partial charge in [0.1, 0.15) is 5.56 Å². The van der Waals surface area contributed by atoms with Gasteiger partial charge in [-0.25, -0.2) is 4.98 Å². The zero-order valence-corrected chi connectivity index (χ0v) is 17.1. The average molecular weight is 426 g/mol. The van der Waals surface area contributed by atoms with Crippen LogP contribution in [0.25, 0.3) is 11.3 Å². The molecule has 1 aliphatic heterocycles. The molecular weight excluding hydrogens is 408 g/mol. The van der Waals surface area contributed by atoms with E-state index in [1.165, 1.54) is 26.4 Å². The third kappa shape index (κ3) is 3.69. The summed E-state index contributed by atoms with van der Waals surface area (Å²) in [6.07, 6.45) is 2.01. The molecule has 0 unspecified atom stereocenters. The first-order valence-corrected chi connectivity index (χ1v) is 10.0. The highest BCUT2D eigenvalue weighted by Crippen LogP contribution is 2.35. The number of fused-ring (bicyclic) bond motifs is 1. The number of nitrogens with zero attached hydrogens (tertiary/aromatic N) is 3. The predicted molar refractivity (Wildman–Crippen MR) is 113 cm³/mol. The summed E-state index contributed by atoms with van der Waals surface area (Å²) in [7, 11) is 2.77. The number of anilines is 1. The number of hydrogen-bond acceptors (Lipinski definition) is 7. The second-order valence-electron chi connectivity index (χ2n) is 6.46. The normalized spacial score (nSPS) is 12.3. The molecule has 0 bridgehead atoms. The van der Waals surface area contributed by atoms with Gasteiger partial charge in [-0.2, -0.15) is 0 Å². The summed E-state index contributed by atoms with van der Waals surface area (Å²) < 4.78 is 12.4. The van der Waals surface area contributed by atoms with Crippen molar-refractivity contribution in [3.63, 3.8) is 0 Å². The summed E-state index contributed by atoms with van der Waals surface area (Å²) in [6.45, 7) is 0.950. The Bertz CT molecular complexity index is 1110. The summed E-state index contributed by atoms with van der Waals surface area (Å²) in [5.74, 6) is 0.827. The molecule has 0 radical (unpaired) electrons. The topological polar surface area (TPSA) is 109 Å². The molecule has 4 rings (SSSR count). The lowest BCUT2D eigenvalue weighted by molar-refractivity contribution is -0.385. The van der Waals surface area contributed by atoms with Crippen LogP contribution in [0.2, 0.25) is 0 Å². The van der Waals surface area contributed by atoms with E-state index < -0.39 is 10.8 Å². The van der Waals surface area contributed by atoms with Gasteiger partial charge in [0.15, 0.2) is 16.7 Å². The Balaban J connectivity index is 1.57. The van der Waals surface area contributed by atoms with E-state index in [9.17, 15) is 14.9 Å². The summed E-state index contributed by atoms with van der Waals surface area (Å²) in [5, 5.41) is 15.1. The van der Waals surface area contributed by atoms with Crippen molar-refractivity contribution < 1.29 is 19.2 Å². The van der Waals surface area contributed by atoms with Crippen molar-refractivity contribution in [2.24, 2.45) is 0 Å². The zero-order chi connectivity index (χ0) is 21.3. The first kappa shape index (κ1) is 19.8. The molecule has 1 amide bonds. The van der Waals surface area contributed by atoms with Crippen molar-refractivity contribution in [2.75, 3.05) is 25.3 Å². The summed E-state index contributed by atoms with van der Waals surface area (Å²) in [5.41, 5.74) is 1.81. The minimum absolute atomic E-state index is 0.121. The monoisotopic (exact) mass is 426 g/mol. The Morgan fingerprint density at radius 2 is 1.90 bits per heavy atom. The number of ether oxygens (including phenoxy) is 2. The molecule has 9 nitrogen and oxygen atoms in total. The van der Waals surface area contributed by atoms with E-state index in [0.717, 1.165) is 28.7 Å². The SMILES string of the molecule is COc1cc(C(=O)Nc2ccc(-c3cn4c(n3)SCC4)cc2)c([N+](=O)[O-])cc1OC. The molecule has 2 heterocycles. The largest absolute Gasteiger partial charge is 0.493 e. The lowest BCUT2D eigenvalue weighted by atomic mass is 10.1. The van der Waals surface area contributed by atoms with Gasteiger partial charge in [-0.05, 0) is 12.1 Å². The number of carbonyl (C=O) groups excluding carboxylic acids is 1. The lowest BCUT2D eigenvalue weighted by Gasteiger charge is -2.11. The van der Waals surface area contributed by atoms with E-state index in [4.69, 9.17) is 9.47 Å².